The van der Waals surface area contributed by atoms with Gasteiger partial charge < -0.3 is 16.4 Å². The van der Waals surface area contributed by atoms with Crippen LogP contribution in [0.3, 0.4) is 0 Å². The molecule has 0 aliphatic carbocycles. The third-order valence-electron chi connectivity index (χ3n) is 4.21. The average Bonchev–Trinajstić information content (AvgIpc) is 2.75. The summed E-state index contributed by atoms with van der Waals surface area (Å²) in [5.41, 5.74) is 6.81. The van der Waals surface area contributed by atoms with E-state index >= 15 is 0 Å². The van der Waals surface area contributed by atoms with Crippen LogP contribution in [0.1, 0.15) is 5.56 Å². The minimum absolute atomic E-state index is 0.0510. The second-order valence-corrected chi connectivity index (χ2v) is 8.07. The van der Waals surface area contributed by atoms with Crippen LogP contribution in [0.5, 0.6) is 0 Å². The highest BCUT2D eigenvalue weighted by atomic mass is 32.2. The molecule has 0 aliphatic rings. The van der Waals surface area contributed by atoms with Crippen molar-refractivity contribution in [2.45, 2.75) is 11.4 Å². The van der Waals surface area contributed by atoms with E-state index < -0.39 is 21.0 Å². The summed E-state index contributed by atoms with van der Waals surface area (Å²) in [6.45, 7) is 0.313. The number of carbonyl (C=O) groups excluding carboxylic acids is 1. The Balaban J connectivity index is 1.65. The summed E-state index contributed by atoms with van der Waals surface area (Å²) < 4.78 is 27.4. The zero-order chi connectivity index (χ0) is 22.4. The van der Waals surface area contributed by atoms with E-state index in [1.54, 1.807) is 18.2 Å². The molecular weight excluding hydrogens is 422 g/mol. The number of carbonyl (C=O) groups is 1. The Kier molecular flexibility index (Phi) is 6.48. The van der Waals surface area contributed by atoms with Crippen LogP contribution < -0.4 is 21.1 Å². The molecule has 5 N–H and O–H groups in total. The Morgan fingerprint density at radius 1 is 0.903 bits per heavy atom. The van der Waals surface area contributed by atoms with Gasteiger partial charge in [-0.15, -0.1) is 0 Å². The smallest absolute Gasteiger partial charge is 0.323 e. The van der Waals surface area contributed by atoms with Crippen molar-refractivity contribution in [3.63, 3.8) is 0 Å². The van der Waals surface area contributed by atoms with Crippen molar-refractivity contribution >= 4 is 38.8 Å². The van der Waals surface area contributed by atoms with Gasteiger partial charge in [-0.3, -0.25) is 14.8 Å². The van der Waals surface area contributed by atoms with Crippen molar-refractivity contribution < 1.29 is 18.1 Å². The van der Waals surface area contributed by atoms with E-state index in [1.165, 1.54) is 54.6 Å². The van der Waals surface area contributed by atoms with Gasteiger partial charge in [0.15, 0.2) is 0 Å². The largest absolute Gasteiger partial charge is 0.326 e. The number of nitrogens with one attached hydrogen (secondary N) is 3. The summed E-state index contributed by atoms with van der Waals surface area (Å²) >= 11 is 0. The number of hydrogen-bond acceptors (Lipinski definition) is 6. The Bertz CT molecular complexity index is 1200. The third-order valence-corrected chi connectivity index (χ3v) is 5.61. The number of para-hydroxylation sites is 2. The number of nitrogens with zero attached hydrogens (tertiary/aromatic N) is 1. The second kappa shape index (κ2) is 9.24. The van der Waals surface area contributed by atoms with Gasteiger partial charge in [-0.1, -0.05) is 24.3 Å². The minimum atomic E-state index is -3.78. The molecule has 0 radical (unpaired) electrons. The van der Waals surface area contributed by atoms with Crippen LogP contribution in [0.2, 0.25) is 0 Å². The normalized spacial score (nSPS) is 10.9. The van der Waals surface area contributed by atoms with Gasteiger partial charge in [0.2, 0.25) is 0 Å². The van der Waals surface area contributed by atoms with E-state index in [2.05, 4.69) is 15.4 Å². The number of amides is 2. The van der Waals surface area contributed by atoms with Gasteiger partial charge in [0.25, 0.3) is 15.7 Å². The van der Waals surface area contributed by atoms with Gasteiger partial charge >= 0.3 is 6.03 Å². The van der Waals surface area contributed by atoms with Crippen LogP contribution in [0.4, 0.5) is 27.5 Å². The van der Waals surface area contributed by atoms with Crippen molar-refractivity contribution in [3.8, 4) is 0 Å². The highest BCUT2D eigenvalue weighted by Gasteiger charge is 2.16. The lowest BCUT2D eigenvalue weighted by molar-refractivity contribution is -0.383. The molecule has 0 saturated carbocycles. The summed E-state index contributed by atoms with van der Waals surface area (Å²) in [5.74, 6) is 0. The molecule has 0 unspecified atom stereocenters. The van der Waals surface area contributed by atoms with Gasteiger partial charge in [0.05, 0.1) is 9.82 Å². The zero-order valence-electron chi connectivity index (χ0n) is 16.1. The molecule has 11 heteroatoms. The summed E-state index contributed by atoms with van der Waals surface area (Å²) in [5, 5.41) is 16.0. The number of urea groups is 1. The predicted molar refractivity (Wildman–Crippen MR) is 117 cm³/mol. The second-order valence-electron chi connectivity index (χ2n) is 6.38. The van der Waals surface area contributed by atoms with E-state index in [9.17, 15) is 23.3 Å². The molecule has 2 amide bonds. The van der Waals surface area contributed by atoms with Crippen LogP contribution in [0.25, 0.3) is 0 Å². The van der Waals surface area contributed by atoms with Crippen molar-refractivity contribution in [1.82, 2.24) is 0 Å². The summed E-state index contributed by atoms with van der Waals surface area (Å²) in [4.78, 5) is 22.7. The molecule has 0 heterocycles. The maximum atomic E-state index is 12.5. The van der Waals surface area contributed by atoms with E-state index in [0.717, 1.165) is 5.56 Å². The molecule has 0 fully saturated rings. The van der Waals surface area contributed by atoms with E-state index in [1.807, 2.05) is 0 Å². The van der Waals surface area contributed by atoms with Crippen molar-refractivity contribution in [3.05, 3.63) is 88.5 Å². The SMILES string of the molecule is NCc1ccc(S(=O)(=O)Nc2ccc(NC(=O)Nc3ccccc3[N+](=O)[O-])cc2)cc1. The molecule has 0 saturated heterocycles. The Morgan fingerprint density at radius 2 is 1.52 bits per heavy atom. The highest BCUT2D eigenvalue weighted by Crippen LogP contribution is 2.24. The molecule has 0 aliphatic heterocycles. The molecule has 160 valence electrons. The number of nitro benzene ring substituents is 1. The van der Waals surface area contributed by atoms with Gasteiger partial charge in [-0.2, -0.15) is 0 Å². The molecule has 3 rings (SSSR count). The van der Waals surface area contributed by atoms with E-state index in [-0.39, 0.29) is 16.3 Å². The highest BCUT2D eigenvalue weighted by molar-refractivity contribution is 7.92. The lowest BCUT2D eigenvalue weighted by atomic mass is 10.2. The maximum Gasteiger partial charge on any atom is 0.323 e. The standard InChI is InChI=1S/C20H19N5O5S/c21-13-14-5-11-17(12-6-14)31(29,30)24-16-9-7-15(8-10-16)22-20(26)23-18-3-1-2-4-19(18)25(27)28/h1-12,24H,13,21H2,(H2,22,23,26). The first-order valence-electron chi connectivity index (χ1n) is 9.02. The predicted octanol–water partition coefficient (Wildman–Crippen LogP) is 3.50. The Morgan fingerprint density at radius 3 is 2.13 bits per heavy atom. The number of nitrogens with two attached hydrogens (primary N) is 1. The number of benzene rings is 3. The molecule has 0 spiro atoms. The van der Waals surface area contributed by atoms with Crippen LogP contribution in [0.15, 0.2) is 77.7 Å². The fourth-order valence-electron chi connectivity index (χ4n) is 2.66. The summed E-state index contributed by atoms with van der Waals surface area (Å²) in [7, 11) is -3.78. The number of anilines is 3. The monoisotopic (exact) mass is 441 g/mol. The first-order chi connectivity index (χ1) is 14.8. The fourth-order valence-corrected chi connectivity index (χ4v) is 3.72. The lowest BCUT2D eigenvalue weighted by Crippen LogP contribution is -2.20. The van der Waals surface area contributed by atoms with Gasteiger partial charge in [0.1, 0.15) is 5.69 Å². The van der Waals surface area contributed by atoms with E-state index in [4.69, 9.17) is 5.73 Å². The van der Waals surface area contributed by atoms with Crippen LogP contribution in [-0.4, -0.2) is 19.4 Å². The van der Waals surface area contributed by atoms with Gasteiger partial charge in [0, 0.05) is 24.0 Å². The van der Waals surface area contributed by atoms with Gasteiger partial charge in [-0.25, -0.2) is 13.2 Å². The molecule has 0 atom stereocenters. The molecule has 31 heavy (non-hydrogen) atoms. The van der Waals surface area contributed by atoms with Crippen LogP contribution in [0, 0.1) is 10.1 Å². The summed E-state index contributed by atoms with van der Waals surface area (Å²) in [6, 6.07) is 17.2. The Labute approximate surface area is 178 Å². The molecule has 0 bridgehead atoms. The number of rotatable bonds is 7. The third kappa shape index (κ3) is 5.56. The van der Waals surface area contributed by atoms with E-state index in [0.29, 0.717) is 17.9 Å². The maximum absolute atomic E-state index is 12.5. The number of hydrogen-bond donors (Lipinski definition) is 4. The quantitative estimate of drug-likeness (QED) is 0.325. The minimum Gasteiger partial charge on any atom is -0.326 e. The summed E-state index contributed by atoms with van der Waals surface area (Å²) in [6.07, 6.45) is 0. The molecule has 3 aromatic rings. The molecule has 10 nitrogen and oxygen atoms in total. The van der Waals surface area contributed by atoms with Crippen LogP contribution >= 0.6 is 0 Å². The Hall–Kier alpha value is -3.96. The zero-order valence-corrected chi connectivity index (χ0v) is 16.9. The van der Waals surface area contributed by atoms with Crippen molar-refractivity contribution in [2.24, 2.45) is 5.73 Å². The number of sulfonamides is 1. The molecule has 0 aromatic heterocycles. The van der Waals surface area contributed by atoms with Crippen molar-refractivity contribution in [1.29, 1.82) is 0 Å². The number of nitro groups is 1. The molecule has 3 aromatic carbocycles. The average molecular weight is 441 g/mol. The van der Waals surface area contributed by atoms with Gasteiger partial charge in [-0.05, 0) is 48.0 Å². The van der Waals surface area contributed by atoms with Crippen molar-refractivity contribution in [2.75, 3.05) is 15.4 Å². The first kappa shape index (κ1) is 21.7. The fraction of sp³-hybridized carbons (Fsp3) is 0.0500. The lowest BCUT2D eigenvalue weighted by Gasteiger charge is -2.11. The van der Waals surface area contributed by atoms with Crippen LogP contribution in [-0.2, 0) is 16.6 Å². The molecular formula is C20H19N5O5S. The first-order valence-corrected chi connectivity index (χ1v) is 10.5. The topological polar surface area (TPSA) is 156 Å².